The number of aromatic amines is 5. The lowest BCUT2D eigenvalue weighted by molar-refractivity contribution is 0.164. The van der Waals surface area contributed by atoms with E-state index in [0.29, 0.717) is 45.5 Å². The maximum atomic E-state index is 13.3. The SMILES string of the molecule is CCc1[nH]c(=O)c2ccccc2c1CN(C)C.CCc1[nH]c(=O)c2ccccc2c1CN1CCCC1.CN1CCC(c2c[nH]c(=O)c3cc(Cl)ccc23)CC1.CN1CCC(c2c[nH]c(=O)c3cc(F)ccc23)CC1.O=c1[nH]cc(C2CCN(CCO)CC2)c2ccc(F)cc12. The first-order valence-corrected chi connectivity index (χ1v) is 34.0. The molecule has 14 rings (SSSR count). The number of rotatable bonds is 11. The molecule has 0 spiro atoms. The average molecular weight is 1310 g/mol. The van der Waals surface area contributed by atoms with E-state index in [1.807, 2.05) is 74.9 Å². The molecule has 5 aromatic heterocycles. The second-order valence-corrected chi connectivity index (χ2v) is 26.6. The molecular weight excluding hydrogens is 1220 g/mol. The second kappa shape index (κ2) is 32.7. The highest BCUT2D eigenvalue weighted by atomic mass is 35.5. The largest absolute Gasteiger partial charge is 0.395 e. The van der Waals surface area contributed by atoms with Gasteiger partial charge >= 0.3 is 0 Å². The number of halogens is 3. The predicted molar refractivity (Wildman–Crippen MR) is 383 cm³/mol. The van der Waals surface area contributed by atoms with Crippen molar-refractivity contribution in [3.63, 3.8) is 0 Å². The molecule has 0 saturated carbocycles. The highest BCUT2D eigenvalue weighted by Gasteiger charge is 2.25. The van der Waals surface area contributed by atoms with E-state index in [2.05, 4.69) is 83.4 Å². The molecule has 4 aliphatic rings. The fourth-order valence-electron chi connectivity index (χ4n) is 14.2. The topological polar surface area (TPSA) is 201 Å². The normalized spacial score (nSPS) is 16.3. The maximum Gasteiger partial charge on any atom is 0.256 e. The van der Waals surface area contributed by atoms with Gasteiger partial charge in [0.2, 0.25) is 0 Å². The van der Waals surface area contributed by atoms with Crippen LogP contribution < -0.4 is 27.8 Å². The van der Waals surface area contributed by atoms with Crippen LogP contribution in [-0.4, -0.2) is 148 Å². The third-order valence-electron chi connectivity index (χ3n) is 19.5. The lowest BCUT2D eigenvalue weighted by Gasteiger charge is -2.32. The number of benzene rings is 5. The number of H-pyrrole nitrogens is 5. The fourth-order valence-corrected chi connectivity index (χ4v) is 14.4. The molecule has 0 amide bonds. The summed E-state index contributed by atoms with van der Waals surface area (Å²) >= 11 is 5.99. The van der Waals surface area contributed by atoms with Gasteiger partial charge in [0.05, 0.1) is 17.4 Å². The molecule has 0 aliphatic carbocycles. The number of hydrogen-bond acceptors (Lipinski definition) is 11. The monoisotopic (exact) mass is 1310 g/mol. The Morgan fingerprint density at radius 2 is 0.863 bits per heavy atom. The van der Waals surface area contributed by atoms with Crippen LogP contribution in [0.4, 0.5) is 8.78 Å². The summed E-state index contributed by atoms with van der Waals surface area (Å²) in [6.07, 6.45) is 16.2. The average Bonchev–Trinajstić information content (AvgIpc) is 1.41. The predicted octanol–water partition coefficient (Wildman–Crippen LogP) is 12.1. The van der Waals surface area contributed by atoms with Gasteiger partial charge in [0.1, 0.15) is 11.6 Å². The minimum Gasteiger partial charge on any atom is -0.395 e. The summed E-state index contributed by atoms with van der Waals surface area (Å²) in [6, 6.07) is 30.3. The van der Waals surface area contributed by atoms with Crippen molar-refractivity contribution in [2.75, 3.05) is 93.7 Å². The third-order valence-corrected chi connectivity index (χ3v) is 19.7. The van der Waals surface area contributed by atoms with Gasteiger partial charge < -0.3 is 49.6 Å². The number of aryl methyl sites for hydroxylation is 2. The number of aliphatic hydroxyl groups excluding tert-OH is 1. The Labute approximate surface area is 558 Å². The molecule has 9 heterocycles. The van der Waals surface area contributed by atoms with Gasteiger partial charge in [-0.1, -0.05) is 80.0 Å². The van der Waals surface area contributed by atoms with Crippen molar-refractivity contribution < 1.29 is 13.9 Å². The number of aromatic nitrogens is 5. The highest BCUT2D eigenvalue weighted by Crippen LogP contribution is 2.35. The second-order valence-electron chi connectivity index (χ2n) is 26.1. The number of nitrogens with one attached hydrogen (secondary N) is 5. The summed E-state index contributed by atoms with van der Waals surface area (Å²) in [5.74, 6) is 0.587. The molecule has 16 nitrogen and oxygen atoms in total. The molecule has 0 radical (unpaired) electrons. The number of hydrogen-bond donors (Lipinski definition) is 6. The van der Waals surface area contributed by atoms with Crippen molar-refractivity contribution in [2.24, 2.45) is 0 Å². The van der Waals surface area contributed by atoms with Crippen LogP contribution in [0.2, 0.25) is 5.02 Å². The number of aliphatic hydroxyl groups is 1. The molecule has 502 valence electrons. The summed E-state index contributed by atoms with van der Waals surface area (Å²) in [5, 5.41) is 17.7. The van der Waals surface area contributed by atoms with Crippen molar-refractivity contribution in [3.05, 3.63) is 229 Å². The summed E-state index contributed by atoms with van der Waals surface area (Å²) in [4.78, 5) is 85.4. The van der Waals surface area contributed by atoms with Gasteiger partial charge in [-0.2, -0.15) is 0 Å². The molecule has 10 aromatic rings. The lowest BCUT2D eigenvalue weighted by Crippen LogP contribution is -2.35. The first-order valence-electron chi connectivity index (χ1n) is 33.7. The van der Waals surface area contributed by atoms with Crippen molar-refractivity contribution in [3.8, 4) is 0 Å². The maximum absolute atomic E-state index is 13.3. The molecule has 0 unspecified atom stereocenters. The van der Waals surface area contributed by atoms with Crippen LogP contribution in [-0.2, 0) is 25.9 Å². The Morgan fingerprint density at radius 1 is 0.474 bits per heavy atom. The van der Waals surface area contributed by atoms with Crippen LogP contribution in [0, 0.1) is 11.6 Å². The van der Waals surface area contributed by atoms with Crippen LogP contribution in [0.1, 0.15) is 122 Å². The molecular formula is C76H91ClF2N10O6. The van der Waals surface area contributed by atoms with Gasteiger partial charge in [-0.25, -0.2) is 8.78 Å². The number of fused-ring (bicyclic) bond motifs is 5. The van der Waals surface area contributed by atoms with Gasteiger partial charge in [-0.05, 0) is 266 Å². The van der Waals surface area contributed by atoms with E-state index in [1.165, 1.54) is 66.9 Å². The van der Waals surface area contributed by atoms with Crippen LogP contribution in [0.5, 0.6) is 0 Å². The van der Waals surface area contributed by atoms with Gasteiger partial charge in [0, 0.05) is 70.8 Å². The molecule has 5 aromatic carbocycles. The van der Waals surface area contributed by atoms with E-state index in [1.54, 1.807) is 30.6 Å². The zero-order valence-electron chi connectivity index (χ0n) is 55.7. The van der Waals surface area contributed by atoms with Gasteiger partial charge in [-0.3, -0.25) is 28.9 Å². The first-order chi connectivity index (χ1) is 45.9. The van der Waals surface area contributed by atoms with Crippen molar-refractivity contribution >= 4 is 65.5 Å². The molecule has 6 N–H and O–H groups in total. The molecule has 19 heteroatoms. The van der Waals surface area contributed by atoms with E-state index < -0.39 is 0 Å². The number of nitrogens with zero attached hydrogens (tertiary/aromatic N) is 5. The van der Waals surface area contributed by atoms with E-state index in [9.17, 15) is 32.8 Å². The van der Waals surface area contributed by atoms with Crippen molar-refractivity contribution in [2.45, 2.75) is 109 Å². The highest BCUT2D eigenvalue weighted by molar-refractivity contribution is 6.31. The van der Waals surface area contributed by atoms with Crippen molar-refractivity contribution in [1.82, 2.24) is 49.4 Å². The molecule has 0 atom stereocenters. The quantitative estimate of drug-likeness (QED) is 0.0720. The summed E-state index contributed by atoms with van der Waals surface area (Å²) in [6.45, 7) is 15.5. The van der Waals surface area contributed by atoms with Gasteiger partial charge in [-0.15, -0.1) is 0 Å². The van der Waals surface area contributed by atoms with E-state index in [4.69, 9.17) is 16.7 Å². The summed E-state index contributed by atoms with van der Waals surface area (Å²) in [7, 11) is 8.36. The zero-order valence-corrected chi connectivity index (χ0v) is 56.4. The Hall–Kier alpha value is -7.94. The number of likely N-dealkylation sites (tertiary alicyclic amines) is 4. The molecule has 4 aliphatic heterocycles. The van der Waals surface area contributed by atoms with E-state index in [-0.39, 0.29) is 46.0 Å². The van der Waals surface area contributed by atoms with Crippen LogP contribution >= 0.6 is 11.6 Å². The Kier molecular flexibility index (Phi) is 24.0. The Bertz CT molecular complexity index is 4460. The minimum atomic E-state index is -0.386. The molecule has 4 saturated heterocycles. The number of β-amino-alcohol motifs (C(OH)–C–C–N with tert-alkyl or cyclic N) is 1. The van der Waals surface area contributed by atoms with Crippen LogP contribution in [0.3, 0.4) is 0 Å². The third kappa shape index (κ3) is 17.2. The summed E-state index contributed by atoms with van der Waals surface area (Å²) < 4.78 is 26.6. The Balaban J connectivity index is 0.000000130. The first kappa shape index (κ1) is 69.9. The summed E-state index contributed by atoms with van der Waals surface area (Å²) in [5.41, 5.74) is 7.68. The zero-order chi connectivity index (χ0) is 67.3. The Morgan fingerprint density at radius 3 is 1.28 bits per heavy atom. The number of piperidine rings is 3. The van der Waals surface area contributed by atoms with Gasteiger partial charge in [0.25, 0.3) is 27.8 Å². The van der Waals surface area contributed by atoms with Crippen LogP contribution in [0.15, 0.2) is 146 Å². The molecule has 95 heavy (non-hydrogen) atoms. The minimum absolute atomic E-state index is 0.0138. The van der Waals surface area contributed by atoms with Crippen LogP contribution in [0.25, 0.3) is 53.9 Å². The fraction of sp³-hybridized carbons (Fsp3) is 0.408. The van der Waals surface area contributed by atoms with E-state index in [0.717, 1.165) is 164 Å². The lowest BCUT2D eigenvalue weighted by atomic mass is 9.87. The number of pyridine rings is 5. The van der Waals surface area contributed by atoms with E-state index >= 15 is 0 Å². The van der Waals surface area contributed by atoms with Gasteiger partial charge in [0.15, 0.2) is 0 Å². The standard InChI is InChI=1S/C16H19FN2O2.C16H20N2O.C15H17ClN2O.C15H17FN2O.C14H18N2O/c17-12-1-2-13-14(9-12)16(21)18-10-15(13)11-3-5-19(6-4-11)7-8-20;1-2-15-14(11-18-9-5-6-10-18)12-7-3-4-8-13(12)16(19)17-15;2*1-18-6-4-10(5-7-18)14-9-17-15(19)13-8-11(16)2-3-12(13)14;1-4-13-12(9-16(2)3)10-7-5-6-8-11(10)14(17)15-13/h1-2,9-11,20H,3-8H2,(H,18,21);3-4,7-8H,2,5-6,9-11H2,1H3,(H,17,19);2*2-3,8-10H,4-7H2,1H3,(H,17,19);5-8H,4,9H2,1-3H3,(H,15,17). The van der Waals surface area contributed by atoms with Crippen molar-refractivity contribution in [1.29, 1.82) is 0 Å². The molecule has 4 fully saturated rings. The smallest absolute Gasteiger partial charge is 0.256 e. The molecule has 0 bridgehead atoms.